The molecule has 11 heteroatoms. The van der Waals surface area contributed by atoms with E-state index in [4.69, 9.17) is 25.2 Å². The summed E-state index contributed by atoms with van der Waals surface area (Å²) in [6, 6.07) is 0.456. The van der Waals surface area contributed by atoms with Crippen LogP contribution in [0.25, 0.3) is 0 Å². The van der Waals surface area contributed by atoms with Gasteiger partial charge in [-0.2, -0.15) is 0 Å². The van der Waals surface area contributed by atoms with Crippen molar-refractivity contribution in [2.75, 3.05) is 46.2 Å². The topological polar surface area (TPSA) is 175 Å². The number of ether oxygens (including phenoxy) is 2. The van der Waals surface area contributed by atoms with Crippen molar-refractivity contribution in [2.24, 2.45) is 21.8 Å². The Hall–Kier alpha value is -1.97. The summed E-state index contributed by atoms with van der Waals surface area (Å²) in [5.41, 5.74) is 0. The van der Waals surface area contributed by atoms with Crippen molar-refractivity contribution in [1.82, 2.24) is 0 Å². The molecule has 0 atom stereocenters. The van der Waals surface area contributed by atoms with Gasteiger partial charge in [0, 0.05) is 19.6 Å². The Labute approximate surface area is 239 Å². The monoisotopic (exact) mass is 572 g/mol. The summed E-state index contributed by atoms with van der Waals surface area (Å²) in [4.78, 5) is 38.6. The molecule has 3 aliphatic rings. The standard InChI is InChI=1S/C15H22N2O2.C6H10O2.C4H10O3.C4H10O2/c18-10-16-14-5-1-12(2-6-14)9-13-3-7-15(8-4-13)17-11-19;7-6-4-2-1-3-5-8-6;5-1-3-7-4-2-6;5-3-1-2-4-6/h12-15H,1-9H2;1-5H2;5-6H,1-4H2;5-6H,1-4H2. The van der Waals surface area contributed by atoms with Crippen molar-refractivity contribution < 1.29 is 44.3 Å². The quantitative estimate of drug-likeness (QED) is 0.125. The molecule has 0 radical (unpaired) electrons. The fourth-order valence-electron chi connectivity index (χ4n) is 4.90. The second kappa shape index (κ2) is 28.6. The highest BCUT2D eigenvalue weighted by Crippen LogP contribution is 2.36. The van der Waals surface area contributed by atoms with Crippen LogP contribution in [0.4, 0.5) is 0 Å². The number of cyclic esters (lactones) is 1. The zero-order valence-corrected chi connectivity index (χ0v) is 24.1. The Morgan fingerprint density at radius 3 is 1.57 bits per heavy atom. The number of aliphatic hydroxyl groups excluding tert-OH is 4. The Balaban J connectivity index is 0.000000597. The lowest BCUT2D eigenvalue weighted by molar-refractivity contribution is -0.142. The van der Waals surface area contributed by atoms with Gasteiger partial charge < -0.3 is 29.9 Å². The zero-order valence-electron chi connectivity index (χ0n) is 24.1. The van der Waals surface area contributed by atoms with Crippen LogP contribution in [0.3, 0.4) is 0 Å². The van der Waals surface area contributed by atoms with Gasteiger partial charge in [0.05, 0.1) is 45.1 Å². The lowest BCUT2D eigenvalue weighted by Gasteiger charge is -2.31. The first kappa shape index (κ1) is 38.0. The molecule has 4 N–H and O–H groups in total. The number of unbranched alkanes of at least 4 members (excludes halogenated alkanes) is 1. The van der Waals surface area contributed by atoms with Gasteiger partial charge in [0.25, 0.3) is 0 Å². The van der Waals surface area contributed by atoms with Gasteiger partial charge in [-0.15, -0.1) is 0 Å². The molecule has 3 fully saturated rings. The summed E-state index contributed by atoms with van der Waals surface area (Å²) in [5.74, 6) is 1.57. The fourth-order valence-corrected chi connectivity index (χ4v) is 4.90. The van der Waals surface area contributed by atoms with Gasteiger partial charge in [0.1, 0.15) is 0 Å². The maximum Gasteiger partial charge on any atom is 0.305 e. The molecule has 1 aliphatic heterocycles. The molecule has 0 unspecified atom stereocenters. The summed E-state index contributed by atoms with van der Waals surface area (Å²) >= 11 is 0. The molecule has 11 nitrogen and oxygen atoms in total. The Morgan fingerprint density at radius 1 is 0.700 bits per heavy atom. The molecule has 0 spiro atoms. The molecule has 40 heavy (non-hydrogen) atoms. The third-order valence-electron chi connectivity index (χ3n) is 7.10. The first-order chi connectivity index (χ1) is 19.5. The number of esters is 1. The van der Waals surface area contributed by atoms with Gasteiger partial charge in [-0.25, -0.2) is 19.6 Å². The van der Waals surface area contributed by atoms with Crippen molar-refractivity contribution in [3.05, 3.63) is 0 Å². The second-order valence-electron chi connectivity index (χ2n) is 10.3. The number of carbonyl (C=O) groups excluding carboxylic acids is 3. The first-order valence-electron chi connectivity index (χ1n) is 14.8. The zero-order chi connectivity index (χ0) is 29.7. The Morgan fingerprint density at radius 2 is 1.18 bits per heavy atom. The van der Waals surface area contributed by atoms with Crippen LogP contribution in [0.15, 0.2) is 9.98 Å². The van der Waals surface area contributed by atoms with E-state index in [1.54, 1.807) is 12.2 Å². The van der Waals surface area contributed by atoms with Gasteiger partial charge in [0.2, 0.25) is 12.2 Å². The van der Waals surface area contributed by atoms with Gasteiger partial charge in [-0.05, 0) is 102 Å². The smallest absolute Gasteiger partial charge is 0.305 e. The number of hydrogen-bond donors (Lipinski definition) is 4. The van der Waals surface area contributed by atoms with E-state index in [-0.39, 0.29) is 44.5 Å². The molecule has 0 aromatic rings. The van der Waals surface area contributed by atoms with Crippen LogP contribution in [-0.2, 0) is 23.9 Å². The van der Waals surface area contributed by atoms with Crippen molar-refractivity contribution in [1.29, 1.82) is 0 Å². The molecule has 1 heterocycles. The minimum absolute atomic E-state index is 0.0255. The highest BCUT2D eigenvalue weighted by atomic mass is 16.5. The van der Waals surface area contributed by atoms with E-state index in [0.717, 1.165) is 69.6 Å². The van der Waals surface area contributed by atoms with Gasteiger partial charge in [0.15, 0.2) is 0 Å². The van der Waals surface area contributed by atoms with E-state index < -0.39 is 0 Å². The van der Waals surface area contributed by atoms with Crippen LogP contribution in [0.2, 0.25) is 0 Å². The predicted molar refractivity (Wildman–Crippen MR) is 150 cm³/mol. The Kier molecular flexibility index (Phi) is 27.1. The van der Waals surface area contributed by atoms with Crippen LogP contribution in [0.5, 0.6) is 0 Å². The van der Waals surface area contributed by atoms with E-state index in [1.807, 2.05) is 0 Å². The summed E-state index contributed by atoms with van der Waals surface area (Å²) < 4.78 is 9.40. The molecular formula is C29H52N2O9. The van der Waals surface area contributed by atoms with Crippen LogP contribution < -0.4 is 0 Å². The van der Waals surface area contributed by atoms with E-state index in [9.17, 15) is 14.4 Å². The maximum atomic E-state index is 10.5. The van der Waals surface area contributed by atoms with Crippen LogP contribution in [0, 0.1) is 11.8 Å². The lowest BCUT2D eigenvalue weighted by atomic mass is 9.76. The summed E-state index contributed by atoms with van der Waals surface area (Å²) in [5, 5.41) is 32.3. The molecule has 2 saturated carbocycles. The molecule has 232 valence electrons. The maximum absolute atomic E-state index is 10.5. The van der Waals surface area contributed by atoms with E-state index in [2.05, 4.69) is 14.7 Å². The number of rotatable bonds is 11. The van der Waals surface area contributed by atoms with Crippen LogP contribution in [0.1, 0.15) is 96.3 Å². The normalized spacial score (nSPS) is 23.9. The molecule has 1 saturated heterocycles. The highest BCUT2D eigenvalue weighted by molar-refractivity contribution is 5.69. The number of nitrogens with zero attached hydrogens (tertiary/aromatic N) is 2. The predicted octanol–water partition coefficient (Wildman–Crippen LogP) is 3.01. The minimum atomic E-state index is -0.0255. The second-order valence-corrected chi connectivity index (χ2v) is 10.3. The minimum Gasteiger partial charge on any atom is -0.466 e. The van der Waals surface area contributed by atoms with Crippen molar-refractivity contribution >= 4 is 18.1 Å². The molecule has 0 aromatic carbocycles. The molecular weight excluding hydrogens is 520 g/mol. The first-order valence-corrected chi connectivity index (χ1v) is 14.8. The van der Waals surface area contributed by atoms with Crippen LogP contribution in [-0.4, -0.2) is 96.9 Å². The molecule has 0 amide bonds. The van der Waals surface area contributed by atoms with Crippen molar-refractivity contribution in [2.45, 2.75) is 108 Å². The molecule has 2 aliphatic carbocycles. The number of isocyanates is 2. The SMILES string of the molecule is O=C1CCCCCO1.O=C=NC1CCC(CC2CCC(N=C=O)CC2)CC1.OCCCCO.OCCOCCO. The number of hydrogen-bond acceptors (Lipinski definition) is 11. The molecule has 0 bridgehead atoms. The number of carbonyl (C=O) groups is 1. The lowest BCUT2D eigenvalue weighted by Crippen LogP contribution is -2.23. The van der Waals surface area contributed by atoms with E-state index in [0.29, 0.717) is 26.2 Å². The van der Waals surface area contributed by atoms with E-state index in [1.165, 1.54) is 32.1 Å². The Bertz CT molecular complexity index is 627. The fraction of sp³-hybridized carbons (Fsp3) is 0.897. The third-order valence-corrected chi connectivity index (χ3v) is 7.10. The van der Waals surface area contributed by atoms with Crippen molar-refractivity contribution in [3.63, 3.8) is 0 Å². The van der Waals surface area contributed by atoms with Gasteiger partial charge >= 0.3 is 5.97 Å². The average Bonchev–Trinajstić information content (AvgIpc) is 3.23. The number of aliphatic imine (C=N–C) groups is 2. The average molecular weight is 573 g/mol. The molecule has 0 aromatic heterocycles. The summed E-state index contributed by atoms with van der Waals surface area (Å²) in [7, 11) is 0. The van der Waals surface area contributed by atoms with Crippen molar-refractivity contribution in [3.8, 4) is 0 Å². The number of aliphatic hydroxyl groups is 4. The van der Waals surface area contributed by atoms with Gasteiger partial charge in [-0.1, -0.05) is 0 Å². The summed E-state index contributed by atoms with van der Waals surface area (Å²) in [6.07, 6.45) is 18.9. The third kappa shape index (κ3) is 22.8. The summed E-state index contributed by atoms with van der Waals surface area (Å²) in [6.45, 7) is 1.72. The molecule has 3 rings (SSSR count). The van der Waals surface area contributed by atoms with E-state index >= 15 is 0 Å². The largest absolute Gasteiger partial charge is 0.466 e. The highest BCUT2D eigenvalue weighted by Gasteiger charge is 2.26. The van der Waals surface area contributed by atoms with Gasteiger partial charge in [-0.3, -0.25) is 4.79 Å². The van der Waals surface area contributed by atoms with Crippen LogP contribution >= 0.6 is 0 Å².